The third kappa shape index (κ3) is 3.56. The van der Waals surface area contributed by atoms with Gasteiger partial charge in [0.1, 0.15) is 0 Å². The van der Waals surface area contributed by atoms with Crippen molar-refractivity contribution in [1.82, 2.24) is 0 Å². The van der Waals surface area contributed by atoms with Gasteiger partial charge in [-0.15, -0.1) is 11.3 Å². The first-order valence-corrected chi connectivity index (χ1v) is 6.37. The second-order valence-corrected chi connectivity index (χ2v) is 4.58. The van der Waals surface area contributed by atoms with Crippen molar-refractivity contribution >= 4 is 34.0 Å². The summed E-state index contributed by atoms with van der Waals surface area (Å²) in [7, 11) is 1.31. The monoisotopic (exact) mass is 276 g/mol. The molecule has 0 saturated heterocycles. The summed E-state index contributed by atoms with van der Waals surface area (Å²) < 4.78 is 4.62. The van der Waals surface area contributed by atoms with Crippen LogP contribution >= 0.6 is 11.3 Å². The van der Waals surface area contributed by atoms with Gasteiger partial charge >= 0.3 is 12.0 Å². The zero-order valence-corrected chi connectivity index (χ0v) is 11.0. The first-order chi connectivity index (χ1) is 9.19. The van der Waals surface area contributed by atoms with Gasteiger partial charge in [0.2, 0.25) is 0 Å². The van der Waals surface area contributed by atoms with Gasteiger partial charge in [0.05, 0.1) is 17.7 Å². The molecule has 98 valence electrons. The van der Waals surface area contributed by atoms with E-state index >= 15 is 0 Å². The van der Waals surface area contributed by atoms with E-state index in [0.29, 0.717) is 11.3 Å². The molecule has 0 unspecified atom stereocenters. The number of hydrogen-bond donors (Lipinski definition) is 2. The van der Waals surface area contributed by atoms with Crippen molar-refractivity contribution in [3.8, 4) is 0 Å². The molecule has 2 aromatic rings. The largest absolute Gasteiger partial charge is 0.465 e. The maximum Gasteiger partial charge on any atom is 0.337 e. The van der Waals surface area contributed by atoms with E-state index in [2.05, 4.69) is 15.4 Å². The number of carbonyl (C=O) groups excluding carboxylic acids is 2. The molecule has 2 amide bonds. The Bertz CT molecular complexity index is 581. The highest BCUT2D eigenvalue weighted by Gasteiger charge is 2.07. The van der Waals surface area contributed by atoms with Gasteiger partial charge in [-0.05, 0) is 35.7 Å². The van der Waals surface area contributed by atoms with E-state index in [0.717, 1.165) is 5.00 Å². The van der Waals surface area contributed by atoms with Gasteiger partial charge in [-0.25, -0.2) is 9.59 Å². The predicted molar refractivity (Wildman–Crippen MR) is 74.7 cm³/mol. The Morgan fingerprint density at radius 2 is 2.00 bits per heavy atom. The number of carbonyl (C=O) groups is 2. The van der Waals surface area contributed by atoms with Crippen LogP contribution in [0.25, 0.3) is 0 Å². The molecule has 0 radical (unpaired) electrons. The number of methoxy groups -OCH3 is 1. The number of esters is 1. The summed E-state index contributed by atoms with van der Waals surface area (Å²) in [4.78, 5) is 23.1. The van der Waals surface area contributed by atoms with Crippen LogP contribution in [0.5, 0.6) is 0 Å². The first kappa shape index (κ1) is 13.1. The predicted octanol–water partition coefficient (Wildman–Crippen LogP) is 3.18. The smallest absolute Gasteiger partial charge is 0.337 e. The lowest BCUT2D eigenvalue weighted by Crippen LogP contribution is -2.19. The van der Waals surface area contributed by atoms with E-state index in [4.69, 9.17) is 0 Å². The average Bonchev–Trinajstić information content (AvgIpc) is 2.90. The summed E-state index contributed by atoms with van der Waals surface area (Å²) in [6, 6.07) is 9.83. The van der Waals surface area contributed by atoms with Gasteiger partial charge in [-0.1, -0.05) is 6.07 Å². The molecule has 0 bridgehead atoms. The van der Waals surface area contributed by atoms with Crippen LogP contribution in [0.4, 0.5) is 15.5 Å². The number of anilines is 2. The van der Waals surface area contributed by atoms with E-state index in [1.54, 1.807) is 30.3 Å². The number of amides is 2. The van der Waals surface area contributed by atoms with Crippen LogP contribution in [0.3, 0.4) is 0 Å². The third-order valence-electron chi connectivity index (χ3n) is 2.30. The zero-order valence-electron chi connectivity index (χ0n) is 10.2. The second kappa shape index (κ2) is 6.01. The number of urea groups is 1. The Balaban J connectivity index is 2.02. The minimum absolute atomic E-state index is 0.357. The number of rotatable bonds is 3. The number of hydrogen-bond acceptors (Lipinski definition) is 4. The summed E-state index contributed by atoms with van der Waals surface area (Å²) in [6.45, 7) is 0. The zero-order chi connectivity index (χ0) is 13.7. The lowest BCUT2D eigenvalue weighted by atomic mass is 10.2. The number of benzene rings is 1. The molecule has 19 heavy (non-hydrogen) atoms. The van der Waals surface area contributed by atoms with Crippen molar-refractivity contribution in [2.75, 3.05) is 17.7 Å². The Labute approximate surface area is 114 Å². The van der Waals surface area contributed by atoms with E-state index < -0.39 is 5.97 Å². The number of nitrogens with one attached hydrogen (secondary N) is 2. The van der Waals surface area contributed by atoms with Crippen LogP contribution in [-0.2, 0) is 4.74 Å². The summed E-state index contributed by atoms with van der Waals surface area (Å²) >= 11 is 1.43. The highest BCUT2D eigenvalue weighted by atomic mass is 32.1. The van der Waals surface area contributed by atoms with Gasteiger partial charge in [0, 0.05) is 5.69 Å². The highest BCUT2D eigenvalue weighted by Crippen LogP contribution is 2.16. The molecule has 1 aromatic heterocycles. The Hall–Kier alpha value is -2.34. The number of ether oxygens (including phenoxy) is 1. The lowest BCUT2D eigenvalue weighted by Gasteiger charge is -2.07. The maximum atomic E-state index is 11.7. The van der Waals surface area contributed by atoms with Crippen molar-refractivity contribution < 1.29 is 14.3 Å². The molecule has 0 aliphatic rings. The molecule has 0 fully saturated rings. The van der Waals surface area contributed by atoms with Gasteiger partial charge in [-0.3, -0.25) is 5.32 Å². The molecular formula is C13H12N2O3S. The molecule has 2 rings (SSSR count). The van der Waals surface area contributed by atoms with E-state index in [1.807, 2.05) is 11.4 Å². The summed E-state index contributed by atoms with van der Waals surface area (Å²) in [5.74, 6) is -0.442. The van der Waals surface area contributed by atoms with Crippen molar-refractivity contribution in [3.05, 3.63) is 47.3 Å². The van der Waals surface area contributed by atoms with E-state index in [9.17, 15) is 9.59 Å². The Morgan fingerprint density at radius 1 is 1.16 bits per heavy atom. The Kier molecular flexibility index (Phi) is 4.15. The van der Waals surface area contributed by atoms with Crippen LogP contribution in [0.2, 0.25) is 0 Å². The van der Waals surface area contributed by atoms with Gasteiger partial charge in [-0.2, -0.15) is 0 Å². The summed E-state index contributed by atoms with van der Waals surface area (Å²) in [5.41, 5.74) is 0.911. The fourth-order valence-corrected chi connectivity index (χ4v) is 2.08. The molecule has 0 aliphatic heterocycles. The summed E-state index contributed by atoms with van der Waals surface area (Å²) in [5, 5.41) is 7.95. The molecule has 0 saturated carbocycles. The van der Waals surface area contributed by atoms with Crippen LogP contribution in [0.1, 0.15) is 10.4 Å². The molecule has 1 heterocycles. The highest BCUT2D eigenvalue weighted by molar-refractivity contribution is 7.14. The van der Waals surface area contributed by atoms with Crippen LogP contribution < -0.4 is 10.6 Å². The van der Waals surface area contributed by atoms with Gasteiger partial charge < -0.3 is 10.1 Å². The SMILES string of the molecule is COC(=O)c1cccc(NC(=O)Nc2cccs2)c1. The second-order valence-electron chi connectivity index (χ2n) is 3.63. The van der Waals surface area contributed by atoms with Gasteiger partial charge in [0.15, 0.2) is 0 Å². The topological polar surface area (TPSA) is 67.4 Å². The van der Waals surface area contributed by atoms with Crippen LogP contribution in [-0.4, -0.2) is 19.1 Å². The fraction of sp³-hybridized carbons (Fsp3) is 0.0769. The van der Waals surface area contributed by atoms with E-state index in [1.165, 1.54) is 18.4 Å². The minimum Gasteiger partial charge on any atom is -0.465 e. The minimum atomic E-state index is -0.442. The third-order valence-corrected chi connectivity index (χ3v) is 3.08. The quantitative estimate of drug-likeness (QED) is 0.846. The first-order valence-electron chi connectivity index (χ1n) is 5.49. The van der Waals surface area contributed by atoms with Gasteiger partial charge in [0.25, 0.3) is 0 Å². The summed E-state index contributed by atoms with van der Waals surface area (Å²) in [6.07, 6.45) is 0. The van der Waals surface area contributed by atoms with E-state index in [-0.39, 0.29) is 6.03 Å². The maximum absolute atomic E-state index is 11.7. The Morgan fingerprint density at radius 3 is 2.68 bits per heavy atom. The molecule has 0 spiro atoms. The molecular weight excluding hydrogens is 264 g/mol. The average molecular weight is 276 g/mol. The molecule has 5 nitrogen and oxygen atoms in total. The standard InChI is InChI=1S/C13H12N2O3S/c1-18-12(16)9-4-2-5-10(8-9)14-13(17)15-11-6-3-7-19-11/h2-8H,1H3,(H2,14,15,17). The van der Waals surface area contributed by atoms with Crippen molar-refractivity contribution in [2.45, 2.75) is 0 Å². The van der Waals surface area contributed by atoms with Crippen molar-refractivity contribution in [3.63, 3.8) is 0 Å². The number of thiophene rings is 1. The van der Waals surface area contributed by atoms with Crippen LogP contribution in [0.15, 0.2) is 41.8 Å². The van der Waals surface area contributed by atoms with Crippen molar-refractivity contribution in [1.29, 1.82) is 0 Å². The molecule has 0 aliphatic carbocycles. The van der Waals surface area contributed by atoms with Crippen LogP contribution in [0, 0.1) is 0 Å². The molecule has 1 aromatic carbocycles. The molecule has 2 N–H and O–H groups in total. The lowest BCUT2D eigenvalue weighted by molar-refractivity contribution is 0.0600. The van der Waals surface area contributed by atoms with Crippen molar-refractivity contribution in [2.24, 2.45) is 0 Å². The molecule has 0 atom stereocenters. The normalized spacial score (nSPS) is 9.74. The fourth-order valence-electron chi connectivity index (χ4n) is 1.47. The molecule has 6 heteroatoms.